The minimum Gasteiger partial charge on any atom is -0.370 e. The van der Waals surface area contributed by atoms with Gasteiger partial charge in [0.25, 0.3) is 0 Å². The Labute approximate surface area is 188 Å². The fraction of sp³-hybridized carbons (Fsp3) is 0.500. The summed E-state index contributed by atoms with van der Waals surface area (Å²) in [5, 5.41) is 4.45. The molecular formula is C22H24F3N7O. The molecule has 8 nitrogen and oxygen atoms in total. The van der Waals surface area contributed by atoms with Crippen molar-refractivity contribution < 1.29 is 17.9 Å². The summed E-state index contributed by atoms with van der Waals surface area (Å²) in [6.45, 7) is 6.51. The standard InChI is InChI=1S/C22H24F3N7O/c1-13(22(23,24)25)3-6-17-19-20(28-14(2)9-26-19)30-21(29-17)31-7-8-33-18(12-31)15-10-27-32(11-15)16-4-5-16/h9-11,16,18H,1,3-8,12H2,2H3/t18-/m0/s1. The molecule has 33 heavy (non-hydrogen) atoms. The van der Waals surface area contributed by atoms with Crippen molar-refractivity contribution in [2.75, 3.05) is 24.6 Å². The molecule has 3 aromatic rings. The predicted octanol–water partition coefficient (Wildman–Crippen LogP) is 3.89. The van der Waals surface area contributed by atoms with Gasteiger partial charge < -0.3 is 9.64 Å². The molecule has 0 radical (unpaired) electrons. The number of nitrogens with zero attached hydrogens (tertiary/aromatic N) is 7. The lowest BCUT2D eigenvalue weighted by molar-refractivity contribution is -0.0935. The van der Waals surface area contributed by atoms with Crippen LogP contribution >= 0.6 is 0 Å². The van der Waals surface area contributed by atoms with E-state index in [1.165, 1.54) is 0 Å². The SMILES string of the molecule is C=C(CCc1nc(N2CCO[C@H](c3cnn(C4CC4)c3)C2)nc2nc(C)cnc12)C(F)(F)F. The molecule has 0 bridgehead atoms. The van der Waals surface area contributed by atoms with Crippen LogP contribution in [-0.4, -0.2) is 55.6 Å². The van der Waals surface area contributed by atoms with Gasteiger partial charge in [-0.3, -0.25) is 4.68 Å². The third kappa shape index (κ3) is 4.68. The van der Waals surface area contributed by atoms with Crippen molar-refractivity contribution >= 4 is 17.1 Å². The summed E-state index contributed by atoms with van der Waals surface area (Å²) in [5.74, 6) is 0.415. The van der Waals surface area contributed by atoms with Gasteiger partial charge in [-0.25, -0.2) is 15.0 Å². The third-order valence-corrected chi connectivity index (χ3v) is 5.92. The maximum atomic E-state index is 13.0. The van der Waals surface area contributed by atoms with E-state index in [1.807, 2.05) is 22.0 Å². The minimum absolute atomic E-state index is 0.0457. The molecule has 0 aromatic carbocycles. The summed E-state index contributed by atoms with van der Waals surface area (Å²) in [7, 11) is 0. The number of fused-ring (bicyclic) bond motifs is 1. The van der Waals surface area contributed by atoms with Gasteiger partial charge >= 0.3 is 6.18 Å². The first-order valence-corrected chi connectivity index (χ1v) is 10.9. The average molecular weight is 459 g/mol. The number of allylic oxidation sites excluding steroid dienone is 1. The van der Waals surface area contributed by atoms with E-state index in [0.29, 0.717) is 54.2 Å². The molecule has 1 aliphatic heterocycles. The molecule has 3 aromatic heterocycles. The van der Waals surface area contributed by atoms with E-state index >= 15 is 0 Å². The van der Waals surface area contributed by atoms with Gasteiger partial charge in [0.2, 0.25) is 5.95 Å². The van der Waals surface area contributed by atoms with Gasteiger partial charge in [0.05, 0.1) is 36.8 Å². The number of ether oxygens (including phenoxy) is 1. The summed E-state index contributed by atoms with van der Waals surface area (Å²) in [6, 6.07) is 0.484. The van der Waals surface area contributed by atoms with Gasteiger partial charge in [-0.15, -0.1) is 0 Å². The quantitative estimate of drug-likeness (QED) is 0.517. The number of hydrogen-bond donors (Lipinski definition) is 0. The van der Waals surface area contributed by atoms with Crippen LogP contribution < -0.4 is 4.90 Å². The minimum atomic E-state index is -4.43. The van der Waals surface area contributed by atoms with Gasteiger partial charge in [0.1, 0.15) is 11.6 Å². The lowest BCUT2D eigenvalue weighted by atomic mass is 10.1. The van der Waals surface area contributed by atoms with Crippen molar-refractivity contribution in [3.63, 3.8) is 0 Å². The summed E-state index contributed by atoms with van der Waals surface area (Å²) in [4.78, 5) is 20.0. The van der Waals surface area contributed by atoms with E-state index in [4.69, 9.17) is 4.74 Å². The van der Waals surface area contributed by atoms with E-state index in [9.17, 15) is 13.2 Å². The molecule has 5 rings (SSSR count). The lowest BCUT2D eigenvalue weighted by Gasteiger charge is -2.32. The Balaban J connectivity index is 1.42. The van der Waals surface area contributed by atoms with Crippen molar-refractivity contribution in [1.29, 1.82) is 0 Å². The highest BCUT2D eigenvalue weighted by Gasteiger charge is 2.32. The molecule has 0 N–H and O–H groups in total. The highest BCUT2D eigenvalue weighted by atomic mass is 19.4. The largest absolute Gasteiger partial charge is 0.412 e. The van der Waals surface area contributed by atoms with E-state index in [0.717, 1.165) is 18.4 Å². The summed E-state index contributed by atoms with van der Waals surface area (Å²) in [6.07, 6.45) is 2.86. The second kappa shape index (κ2) is 8.36. The van der Waals surface area contributed by atoms with Crippen LogP contribution in [0.2, 0.25) is 0 Å². The van der Waals surface area contributed by atoms with Crippen molar-refractivity contribution in [1.82, 2.24) is 29.7 Å². The van der Waals surface area contributed by atoms with Crippen LogP contribution in [0.4, 0.5) is 19.1 Å². The molecule has 4 heterocycles. The Hall–Kier alpha value is -3.08. The topological polar surface area (TPSA) is 81.9 Å². The summed E-state index contributed by atoms with van der Waals surface area (Å²) in [5.41, 5.74) is 2.08. The van der Waals surface area contributed by atoms with Crippen LogP contribution in [-0.2, 0) is 11.2 Å². The van der Waals surface area contributed by atoms with Crippen LogP contribution in [0.1, 0.15) is 48.4 Å². The number of anilines is 1. The van der Waals surface area contributed by atoms with E-state index in [1.54, 1.807) is 13.1 Å². The van der Waals surface area contributed by atoms with Gasteiger partial charge in [0.15, 0.2) is 5.65 Å². The molecule has 2 aliphatic rings. The zero-order chi connectivity index (χ0) is 23.2. The monoisotopic (exact) mass is 459 g/mol. The number of aryl methyl sites for hydroxylation is 2. The molecule has 0 unspecified atom stereocenters. The summed E-state index contributed by atoms with van der Waals surface area (Å²) >= 11 is 0. The van der Waals surface area contributed by atoms with Crippen molar-refractivity contribution in [2.45, 2.75) is 50.9 Å². The fourth-order valence-corrected chi connectivity index (χ4v) is 3.86. The highest BCUT2D eigenvalue weighted by molar-refractivity contribution is 5.74. The predicted molar refractivity (Wildman–Crippen MR) is 115 cm³/mol. The second-order valence-electron chi connectivity index (χ2n) is 8.55. The molecule has 1 saturated heterocycles. The van der Waals surface area contributed by atoms with Crippen LogP contribution in [0.15, 0.2) is 30.7 Å². The Morgan fingerprint density at radius 1 is 1.21 bits per heavy atom. The molecule has 2 fully saturated rings. The van der Waals surface area contributed by atoms with Crippen molar-refractivity contribution in [3.8, 4) is 0 Å². The normalized spacial score (nSPS) is 19.3. The number of halogens is 3. The molecule has 0 amide bonds. The van der Waals surface area contributed by atoms with Crippen LogP contribution in [0.5, 0.6) is 0 Å². The maximum Gasteiger partial charge on any atom is 0.412 e. The van der Waals surface area contributed by atoms with Gasteiger partial charge in [0, 0.05) is 30.1 Å². The van der Waals surface area contributed by atoms with Crippen molar-refractivity contribution in [2.24, 2.45) is 0 Å². The number of hydrogen-bond acceptors (Lipinski definition) is 7. The molecular weight excluding hydrogens is 435 g/mol. The molecule has 1 saturated carbocycles. The van der Waals surface area contributed by atoms with Crippen LogP contribution in [0, 0.1) is 6.92 Å². The van der Waals surface area contributed by atoms with E-state index in [2.05, 4.69) is 31.6 Å². The Morgan fingerprint density at radius 3 is 2.79 bits per heavy atom. The molecule has 1 aliphatic carbocycles. The van der Waals surface area contributed by atoms with E-state index in [-0.39, 0.29) is 18.9 Å². The molecule has 174 valence electrons. The Bertz CT molecular complexity index is 1190. The number of aromatic nitrogens is 6. The second-order valence-corrected chi connectivity index (χ2v) is 8.55. The first-order valence-electron chi connectivity index (χ1n) is 10.9. The first kappa shape index (κ1) is 21.7. The zero-order valence-corrected chi connectivity index (χ0v) is 18.2. The Morgan fingerprint density at radius 2 is 2.03 bits per heavy atom. The lowest BCUT2D eigenvalue weighted by Crippen LogP contribution is -2.39. The fourth-order valence-electron chi connectivity index (χ4n) is 3.86. The van der Waals surface area contributed by atoms with Gasteiger partial charge in [-0.05, 0) is 32.6 Å². The maximum absolute atomic E-state index is 13.0. The Kier molecular flexibility index (Phi) is 5.51. The average Bonchev–Trinajstić information content (AvgIpc) is 3.52. The van der Waals surface area contributed by atoms with E-state index < -0.39 is 11.7 Å². The third-order valence-electron chi connectivity index (χ3n) is 5.92. The number of morpholine rings is 1. The number of alkyl halides is 3. The first-order chi connectivity index (χ1) is 15.8. The van der Waals surface area contributed by atoms with Crippen LogP contribution in [0.3, 0.4) is 0 Å². The smallest absolute Gasteiger partial charge is 0.370 e. The van der Waals surface area contributed by atoms with Crippen LogP contribution in [0.25, 0.3) is 11.2 Å². The molecule has 0 spiro atoms. The van der Waals surface area contributed by atoms with Gasteiger partial charge in [-0.2, -0.15) is 23.3 Å². The van der Waals surface area contributed by atoms with Gasteiger partial charge in [-0.1, -0.05) is 6.58 Å². The van der Waals surface area contributed by atoms with Crippen molar-refractivity contribution in [3.05, 3.63) is 47.7 Å². The summed E-state index contributed by atoms with van der Waals surface area (Å²) < 4.78 is 46.8. The highest BCUT2D eigenvalue weighted by Crippen LogP contribution is 2.35. The molecule has 1 atom stereocenters. The zero-order valence-electron chi connectivity index (χ0n) is 18.2. The molecule has 11 heteroatoms. The number of rotatable bonds is 6.